The van der Waals surface area contributed by atoms with Crippen molar-refractivity contribution in [3.8, 4) is 0 Å². The first kappa shape index (κ1) is 16.8. The van der Waals surface area contributed by atoms with Gasteiger partial charge in [0, 0.05) is 16.9 Å². The van der Waals surface area contributed by atoms with Crippen LogP contribution in [-0.2, 0) is 9.36 Å². The first-order valence-corrected chi connectivity index (χ1v) is 7.67. The number of aromatic nitrogens is 2. The summed E-state index contributed by atoms with van der Waals surface area (Å²) in [6.07, 6.45) is 2.84. The van der Waals surface area contributed by atoms with Crippen molar-refractivity contribution < 1.29 is 29.4 Å². The summed E-state index contributed by atoms with van der Waals surface area (Å²) >= 11 is 3.24. The average Bonchev–Trinajstić information content (AvgIpc) is 2.72. The van der Waals surface area contributed by atoms with Crippen LogP contribution < -0.4 is 5.44 Å². The van der Waals surface area contributed by atoms with Crippen LogP contribution in [0.3, 0.4) is 0 Å². The molecule has 0 fully saturated rings. The zero-order valence-electron chi connectivity index (χ0n) is 10.0. The number of carbonyl (C=O) groups is 1. The zero-order chi connectivity index (χ0) is 15.3. The predicted molar refractivity (Wildman–Crippen MR) is 73.9 cm³/mol. The lowest BCUT2D eigenvalue weighted by molar-refractivity contribution is -0.137. The molecule has 4 N–H and O–H groups in total. The highest BCUT2D eigenvalue weighted by molar-refractivity contribution is 9.10. The van der Waals surface area contributed by atoms with Crippen molar-refractivity contribution in [2.24, 2.45) is 0 Å². The highest BCUT2D eigenvalue weighted by Gasteiger charge is 2.20. The first-order valence-electron chi connectivity index (χ1n) is 5.27. The van der Waals surface area contributed by atoms with Crippen molar-refractivity contribution in [3.63, 3.8) is 0 Å². The largest absolute Gasteiger partial charge is 0.481 e. The van der Waals surface area contributed by atoms with E-state index in [4.69, 9.17) is 20.0 Å². The number of hydrogen-bond acceptors (Lipinski definition) is 4. The number of pyridine rings is 1. The molecule has 2 aromatic rings. The van der Waals surface area contributed by atoms with Gasteiger partial charge in [-0.3, -0.25) is 9.36 Å². The van der Waals surface area contributed by atoms with Gasteiger partial charge in [-0.05, 0) is 12.1 Å². The molecule has 0 aliphatic rings. The van der Waals surface area contributed by atoms with Gasteiger partial charge < -0.3 is 24.4 Å². The number of fused-ring (bicyclic) bond motifs is 1. The molecule has 110 valence electrons. The van der Waals surface area contributed by atoms with Crippen LogP contribution in [0.25, 0.3) is 5.65 Å². The quantitative estimate of drug-likeness (QED) is 0.576. The van der Waals surface area contributed by atoms with E-state index < -0.39 is 13.6 Å². The predicted octanol–water partition coefficient (Wildman–Crippen LogP) is 0.353. The van der Waals surface area contributed by atoms with Gasteiger partial charge in [-0.2, -0.15) is 0 Å². The Morgan fingerprint density at radius 1 is 1.45 bits per heavy atom. The normalized spacial score (nSPS) is 11.0. The summed E-state index contributed by atoms with van der Waals surface area (Å²) < 4.78 is 13.3. The van der Waals surface area contributed by atoms with Crippen LogP contribution in [0.4, 0.5) is 0 Å². The van der Waals surface area contributed by atoms with Gasteiger partial charge in [0.15, 0.2) is 5.44 Å². The monoisotopic (exact) mass is 366 g/mol. The molecule has 8 nitrogen and oxygen atoms in total. The summed E-state index contributed by atoms with van der Waals surface area (Å²) in [4.78, 5) is 31.0. The number of carboxylic acids is 1. The molecule has 2 heterocycles. The van der Waals surface area contributed by atoms with Gasteiger partial charge in [0.25, 0.3) is 0 Å². The van der Waals surface area contributed by atoms with Crippen molar-refractivity contribution in [2.75, 3.05) is 6.61 Å². The van der Waals surface area contributed by atoms with E-state index in [-0.39, 0.29) is 18.5 Å². The van der Waals surface area contributed by atoms with Crippen LogP contribution in [0, 0.1) is 0 Å². The Labute approximate surface area is 122 Å². The second-order valence-corrected chi connectivity index (χ2v) is 6.08. The Balaban J connectivity index is 0.000000286. The zero-order valence-corrected chi connectivity index (χ0v) is 12.5. The lowest BCUT2D eigenvalue weighted by atomic mass is 10.5. The standard InChI is InChI=1S/C7H6BrN2O3P.C3H6O3/c8-5-1-2-10-4-7(14(11,12)13)9-6(10)3-5;4-2-1-3(5)6/h1-4H,(H2,11,12,13);4H,1-2H2,(H,5,6). The second-order valence-electron chi connectivity index (χ2n) is 3.62. The minimum atomic E-state index is -4.25. The van der Waals surface area contributed by atoms with E-state index in [1.807, 2.05) is 0 Å². The summed E-state index contributed by atoms with van der Waals surface area (Å²) in [5, 5.41) is 15.6. The lowest BCUT2D eigenvalue weighted by Crippen LogP contribution is -2.03. The number of aliphatic hydroxyl groups excluding tert-OH is 1. The van der Waals surface area contributed by atoms with E-state index in [0.717, 1.165) is 4.47 Å². The number of carboxylic acid groups (broad SMARTS) is 1. The summed E-state index contributed by atoms with van der Waals surface area (Å²) in [6, 6.07) is 3.44. The maximum Gasteiger partial charge on any atom is 0.376 e. The molecule has 0 unspecified atom stereocenters. The number of halogens is 1. The summed E-state index contributed by atoms with van der Waals surface area (Å²) in [7, 11) is -4.25. The van der Waals surface area contributed by atoms with Crippen LogP contribution >= 0.6 is 23.5 Å². The van der Waals surface area contributed by atoms with E-state index in [0.29, 0.717) is 5.65 Å². The number of aliphatic hydroxyl groups is 1. The van der Waals surface area contributed by atoms with Gasteiger partial charge in [0.1, 0.15) is 5.65 Å². The molecule has 0 amide bonds. The third-order valence-electron chi connectivity index (χ3n) is 2.03. The highest BCUT2D eigenvalue weighted by atomic mass is 79.9. The Hall–Kier alpha value is -1.25. The van der Waals surface area contributed by atoms with E-state index in [1.54, 1.807) is 22.7 Å². The molecule has 2 rings (SSSR count). The number of hydrogen-bond donors (Lipinski definition) is 4. The fourth-order valence-corrected chi connectivity index (χ4v) is 2.01. The molecule has 0 radical (unpaired) electrons. The molecule has 0 aliphatic carbocycles. The molecule has 0 saturated carbocycles. The van der Waals surface area contributed by atoms with Crippen molar-refractivity contribution >= 4 is 40.6 Å². The Morgan fingerprint density at radius 3 is 2.55 bits per heavy atom. The molecule has 0 saturated heterocycles. The molecular formula is C10H12BrN2O6P. The molecule has 0 bridgehead atoms. The number of imidazole rings is 1. The van der Waals surface area contributed by atoms with Crippen LogP contribution in [0.2, 0.25) is 0 Å². The summed E-state index contributed by atoms with van der Waals surface area (Å²) in [5.74, 6) is -0.961. The minimum Gasteiger partial charge on any atom is -0.481 e. The topological polar surface area (TPSA) is 132 Å². The maximum absolute atomic E-state index is 10.9. The Kier molecular flexibility index (Phi) is 5.85. The third-order valence-corrected chi connectivity index (χ3v) is 3.34. The highest BCUT2D eigenvalue weighted by Crippen LogP contribution is 2.32. The van der Waals surface area contributed by atoms with E-state index in [1.165, 1.54) is 6.20 Å². The van der Waals surface area contributed by atoms with Crippen LogP contribution in [0.5, 0.6) is 0 Å². The van der Waals surface area contributed by atoms with Gasteiger partial charge in [-0.25, -0.2) is 4.98 Å². The Bertz CT molecular complexity index is 652. The van der Waals surface area contributed by atoms with Gasteiger partial charge in [-0.15, -0.1) is 0 Å². The number of rotatable bonds is 3. The molecule has 20 heavy (non-hydrogen) atoms. The average molecular weight is 367 g/mol. The van der Waals surface area contributed by atoms with Crippen molar-refractivity contribution in [3.05, 3.63) is 29.0 Å². The van der Waals surface area contributed by atoms with Crippen molar-refractivity contribution in [2.45, 2.75) is 6.42 Å². The molecule has 0 atom stereocenters. The first-order chi connectivity index (χ1) is 9.24. The fraction of sp³-hybridized carbons (Fsp3) is 0.200. The maximum atomic E-state index is 10.9. The molecule has 0 spiro atoms. The second kappa shape index (κ2) is 6.96. The van der Waals surface area contributed by atoms with E-state index >= 15 is 0 Å². The molecule has 10 heteroatoms. The SMILES string of the molecule is O=C(O)CCO.O=P(O)(O)c1cn2ccc(Br)cc2n1. The minimum absolute atomic E-state index is 0.153. The number of nitrogens with zero attached hydrogens (tertiary/aromatic N) is 2. The van der Waals surface area contributed by atoms with Crippen LogP contribution in [0.15, 0.2) is 29.0 Å². The van der Waals surface area contributed by atoms with Gasteiger partial charge >= 0.3 is 13.6 Å². The van der Waals surface area contributed by atoms with Crippen molar-refractivity contribution in [1.29, 1.82) is 0 Å². The van der Waals surface area contributed by atoms with Gasteiger partial charge in [-0.1, -0.05) is 15.9 Å². The van der Waals surface area contributed by atoms with Gasteiger partial charge in [0.2, 0.25) is 0 Å². The fourth-order valence-electron chi connectivity index (χ4n) is 1.18. The molecular weight excluding hydrogens is 355 g/mol. The number of aliphatic carboxylic acids is 1. The van der Waals surface area contributed by atoms with E-state index in [2.05, 4.69) is 20.9 Å². The molecule has 0 aromatic carbocycles. The van der Waals surface area contributed by atoms with E-state index in [9.17, 15) is 9.36 Å². The smallest absolute Gasteiger partial charge is 0.376 e. The van der Waals surface area contributed by atoms with Crippen LogP contribution in [0.1, 0.15) is 6.42 Å². The summed E-state index contributed by atoms with van der Waals surface area (Å²) in [6.45, 7) is -0.269. The third kappa shape index (κ3) is 5.03. The Morgan fingerprint density at radius 2 is 2.10 bits per heavy atom. The summed E-state index contributed by atoms with van der Waals surface area (Å²) in [5.41, 5.74) is 0.285. The van der Waals surface area contributed by atoms with Crippen LogP contribution in [-0.4, -0.2) is 42.0 Å². The van der Waals surface area contributed by atoms with Gasteiger partial charge in [0.05, 0.1) is 13.0 Å². The van der Waals surface area contributed by atoms with Crippen molar-refractivity contribution in [1.82, 2.24) is 9.38 Å². The molecule has 0 aliphatic heterocycles. The molecule has 2 aromatic heterocycles. The lowest BCUT2D eigenvalue weighted by Gasteiger charge is -1.94.